The minimum absolute atomic E-state index is 0.273. The van der Waals surface area contributed by atoms with Gasteiger partial charge in [-0.25, -0.2) is 0 Å². The van der Waals surface area contributed by atoms with Gasteiger partial charge in [0.05, 0.1) is 26.9 Å². The maximum absolute atomic E-state index is 5.50. The van der Waals surface area contributed by atoms with Gasteiger partial charge in [-0.1, -0.05) is 36.8 Å². The topological polar surface area (TPSA) is 30.9 Å². The zero-order chi connectivity index (χ0) is 21.7. The molecule has 1 unspecified atom stereocenters. The number of benzene rings is 2. The van der Waals surface area contributed by atoms with Crippen LogP contribution in [0.2, 0.25) is 0 Å². The van der Waals surface area contributed by atoms with E-state index in [4.69, 9.17) is 14.2 Å². The number of likely N-dealkylation sites (tertiary alicyclic amines) is 1. The molecule has 0 aromatic heterocycles. The number of allylic oxidation sites excluding steroid dienone is 2. The van der Waals surface area contributed by atoms with Crippen LogP contribution in [0.5, 0.6) is 11.5 Å². The largest absolute Gasteiger partial charge is 0.497 e. The summed E-state index contributed by atoms with van der Waals surface area (Å²) in [6.45, 7) is 2.17. The Balaban J connectivity index is 1.90. The van der Waals surface area contributed by atoms with Crippen molar-refractivity contribution >= 4 is 0 Å². The molecule has 0 N–H and O–H groups in total. The van der Waals surface area contributed by atoms with Crippen molar-refractivity contribution in [2.75, 3.05) is 34.4 Å². The van der Waals surface area contributed by atoms with Gasteiger partial charge >= 0.3 is 0 Å². The van der Waals surface area contributed by atoms with E-state index in [1.54, 1.807) is 21.3 Å². The van der Waals surface area contributed by atoms with Crippen LogP contribution < -0.4 is 9.47 Å². The lowest BCUT2D eigenvalue weighted by atomic mass is 9.68. The third-order valence-electron chi connectivity index (χ3n) is 6.75. The lowest BCUT2D eigenvalue weighted by molar-refractivity contribution is 0.0608. The Morgan fingerprint density at radius 2 is 1.29 bits per heavy atom. The summed E-state index contributed by atoms with van der Waals surface area (Å²) < 4.78 is 16.4. The van der Waals surface area contributed by atoms with Crippen LogP contribution in [0.25, 0.3) is 0 Å². The highest BCUT2D eigenvalue weighted by Gasteiger charge is 2.46. The maximum atomic E-state index is 5.50. The van der Waals surface area contributed by atoms with Gasteiger partial charge in [0, 0.05) is 5.92 Å². The van der Waals surface area contributed by atoms with Crippen LogP contribution in [0.3, 0.4) is 0 Å². The van der Waals surface area contributed by atoms with E-state index >= 15 is 0 Å². The first kappa shape index (κ1) is 21.5. The molecule has 4 heteroatoms. The van der Waals surface area contributed by atoms with Crippen LogP contribution in [0.1, 0.15) is 36.8 Å². The van der Waals surface area contributed by atoms with Gasteiger partial charge in [0.15, 0.2) is 0 Å². The number of nitrogens with zero attached hydrogens (tertiary/aromatic N) is 1. The summed E-state index contributed by atoms with van der Waals surface area (Å²) in [5, 5.41) is 0. The lowest BCUT2D eigenvalue weighted by Gasteiger charge is -2.51. The fourth-order valence-electron chi connectivity index (χ4n) is 5.19. The van der Waals surface area contributed by atoms with Gasteiger partial charge < -0.3 is 14.2 Å². The summed E-state index contributed by atoms with van der Waals surface area (Å²) >= 11 is 0. The molecular weight excluding hydrogens is 386 g/mol. The Morgan fingerprint density at radius 1 is 0.742 bits per heavy atom. The highest BCUT2D eigenvalue weighted by molar-refractivity contribution is 5.46. The number of ether oxygens (including phenoxy) is 3. The molecular formula is C27H33NO3. The van der Waals surface area contributed by atoms with Crippen LogP contribution >= 0.6 is 0 Å². The van der Waals surface area contributed by atoms with E-state index in [1.807, 2.05) is 0 Å². The molecule has 1 fully saturated rings. The number of piperidine rings is 1. The van der Waals surface area contributed by atoms with Gasteiger partial charge in [0.25, 0.3) is 0 Å². The predicted octanol–water partition coefficient (Wildman–Crippen LogP) is 5.54. The van der Waals surface area contributed by atoms with Crippen LogP contribution in [0.4, 0.5) is 0 Å². The molecule has 1 aliphatic carbocycles. The molecule has 0 bridgehead atoms. The number of hydrogen-bond donors (Lipinski definition) is 0. The number of hydrogen-bond acceptors (Lipinski definition) is 4. The molecule has 1 atom stereocenters. The predicted molar refractivity (Wildman–Crippen MR) is 125 cm³/mol. The van der Waals surface area contributed by atoms with Gasteiger partial charge in [-0.15, -0.1) is 0 Å². The minimum Gasteiger partial charge on any atom is -0.497 e. The lowest BCUT2D eigenvalue weighted by Crippen LogP contribution is -2.53. The molecule has 0 radical (unpaired) electrons. The molecule has 1 heterocycles. The highest BCUT2D eigenvalue weighted by Crippen LogP contribution is 2.47. The molecule has 4 nitrogen and oxygen atoms in total. The first-order valence-corrected chi connectivity index (χ1v) is 11.2. The molecule has 0 saturated carbocycles. The average Bonchev–Trinajstić information content (AvgIpc) is 2.86. The fraction of sp³-hybridized carbons (Fsp3) is 0.407. The molecule has 4 rings (SSSR count). The Hall–Kier alpha value is -2.72. The van der Waals surface area contributed by atoms with Gasteiger partial charge in [-0.05, 0) is 79.9 Å². The summed E-state index contributed by atoms with van der Waals surface area (Å²) in [6.07, 6.45) is 11.4. The number of rotatable bonds is 7. The molecule has 1 saturated heterocycles. The molecule has 2 aromatic carbocycles. The fourth-order valence-corrected chi connectivity index (χ4v) is 5.19. The van der Waals surface area contributed by atoms with Crippen LogP contribution in [0, 0.1) is 5.92 Å². The van der Waals surface area contributed by atoms with Crippen molar-refractivity contribution in [1.82, 2.24) is 4.90 Å². The molecule has 1 aliphatic heterocycles. The number of methoxy groups -OCH3 is 3. The minimum atomic E-state index is -0.273. The second kappa shape index (κ2) is 9.61. The standard InChI is InChI=1S/C27H33NO3/c1-29-24-13-7-21(8-14-24)27(28-19-5-4-6-20-28,22-9-15-25(30-2)16-10-22)23-11-17-26(31-3)18-12-23/h7-11,13-18,23H,4-6,12,19-20H2,1-3H3. The first-order chi connectivity index (χ1) is 15.2. The van der Waals surface area contributed by atoms with Crippen LogP contribution in [-0.4, -0.2) is 39.3 Å². The van der Waals surface area contributed by atoms with E-state index in [-0.39, 0.29) is 11.5 Å². The Kier molecular flexibility index (Phi) is 6.67. The zero-order valence-corrected chi connectivity index (χ0v) is 18.8. The highest BCUT2D eigenvalue weighted by atomic mass is 16.5. The summed E-state index contributed by atoms with van der Waals surface area (Å²) in [5.41, 5.74) is 2.32. The quantitative estimate of drug-likeness (QED) is 0.590. The zero-order valence-electron chi connectivity index (χ0n) is 18.8. The third-order valence-corrected chi connectivity index (χ3v) is 6.75. The van der Waals surface area contributed by atoms with Crippen molar-refractivity contribution < 1.29 is 14.2 Å². The summed E-state index contributed by atoms with van der Waals surface area (Å²) in [4.78, 5) is 2.70. The second-order valence-corrected chi connectivity index (χ2v) is 8.28. The second-order valence-electron chi connectivity index (χ2n) is 8.28. The maximum Gasteiger partial charge on any atom is 0.118 e. The Morgan fingerprint density at radius 3 is 1.71 bits per heavy atom. The van der Waals surface area contributed by atoms with Gasteiger partial charge in [0.2, 0.25) is 0 Å². The summed E-state index contributed by atoms with van der Waals surface area (Å²) in [7, 11) is 5.18. The van der Waals surface area contributed by atoms with E-state index in [2.05, 4.69) is 71.7 Å². The van der Waals surface area contributed by atoms with Crippen molar-refractivity contribution in [2.24, 2.45) is 5.92 Å². The molecule has 2 aliphatic rings. The third kappa shape index (κ3) is 4.09. The molecule has 0 spiro atoms. The average molecular weight is 420 g/mol. The van der Waals surface area contributed by atoms with E-state index in [0.717, 1.165) is 36.8 Å². The van der Waals surface area contributed by atoms with Gasteiger partial charge in [-0.2, -0.15) is 0 Å². The van der Waals surface area contributed by atoms with E-state index in [9.17, 15) is 0 Å². The van der Waals surface area contributed by atoms with Crippen molar-refractivity contribution in [1.29, 1.82) is 0 Å². The SMILES string of the molecule is COC1=CCC(C(c2ccc(OC)cc2)(c2ccc(OC)cc2)N2CCCCC2)C=C1. The monoisotopic (exact) mass is 419 g/mol. The van der Waals surface area contributed by atoms with E-state index in [0.29, 0.717) is 0 Å². The van der Waals surface area contributed by atoms with Crippen molar-refractivity contribution in [3.8, 4) is 11.5 Å². The van der Waals surface area contributed by atoms with E-state index in [1.165, 1.54) is 30.4 Å². The summed E-state index contributed by atoms with van der Waals surface area (Å²) in [5.74, 6) is 2.98. The smallest absolute Gasteiger partial charge is 0.118 e. The van der Waals surface area contributed by atoms with Gasteiger partial charge in [0.1, 0.15) is 17.3 Å². The first-order valence-electron chi connectivity index (χ1n) is 11.2. The van der Waals surface area contributed by atoms with Crippen LogP contribution in [0.15, 0.2) is 72.5 Å². The Labute approximate surface area is 186 Å². The molecule has 164 valence electrons. The summed E-state index contributed by atoms with van der Waals surface area (Å²) in [6, 6.07) is 17.3. The van der Waals surface area contributed by atoms with Gasteiger partial charge in [-0.3, -0.25) is 4.90 Å². The van der Waals surface area contributed by atoms with Crippen molar-refractivity contribution in [3.63, 3.8) is 0 Å². The van der Waals surface area contributed by atoms with Crippen molar-refractivity contribution in [3.05, 3.63) is 83.6 Å². The molecule has 31 heavy (non-hydrogen) atoms. The molecule has 2 aromatic rings. The molecule has 0 amide bonds. The normalized spacial score (nSPS) is 19.6. The van der Waals surface area contributed by atoms with Crippen molar-refractivity contribution in [2.45, 2.75) is 31.2 Å². The Bertz CT molecular complexity index is 861. The van der Waals surface area contributed by atoms with E-state index < -0.39 is 0 Å². The van der Waals surface area contributed by atoms with Crippen LogP contribution in [-0.2, 0) is 10.3 Å².